The Kier molecular flexibility index (Phi) is 2.57. The van der Waals surface area contributed by atoms with Crippen LogP contribution in [0.25, 0.3) is 0 Å². The van der Waals surface area contributed by atoms with E-state index in [4.69, 9.17) is 4.74 Å². The number of dihydropyridines is 1. The van der Waals surface area contributed by atoms with E-state index in [9.17, 15) is 4.79 Å². The summed E-state index contributed by atoms with van der Waals surface area (Å²) in [5.74, 6) is -0.213. The second-order valence-electron chi connectivity index (χ2n) is 3.77. The quantitative estimate of drug-likeness (QED) is 0.646. The van der Waals surface area contributed by atoms with Crippen LogP contribution in [0.5, 0.6) is 0 Å². The van der Waals surface area contributed by atoms with Gasteiger partial charge in [-0.2, -0.15) is 0 Å². The smallest absolute Gasteiger partial charge is 0.335 e. The van der Waals surface area contributed by atoms with Crippen molar-refractivity contribution in [2.75, 3.05) is 7.11 Å². The van der Waals surface area contributed by atoms with E-state index in [-0.39, 0.29) is 5.97 Å². The van der Waals surface area contributed by atoms with Crippen molar-refractivity contribution >= 4 is 5.97 Å². The number of carbonyl (C=O) groups is 1. The van der Waals surface area contributed by atoms with Crippen LogP contribution in [0.1, 0.15) is 32.1 Å². The minimum Gasteiger partial charge on any atom is -0.466 e. The lowest BCUT2D eigenvalue weighted by Gasteiger charge is -2.24. The molecule has 1 aliphatic heterocycles. The highest BCUT2D eigenvalue weighted by molar-refractivity contribution is 5.89. The van der Waals surface area contributed by atoms with Gasteiger partial charge in [0.05, 0.1) is 12.7 Å². The van der Waals surface area contributed by atoms with Crippen LogP contribution in [0.2, 0.25) is 0 Å². The summed E-state index contributed by atoms with van der Waals surface area (Å²) in [5.41, 5.74) is 3.45. The molecule has 0 unspecified atom stereocenters. The third-order valence-corrected chi connectivity index (χ3v) is 2.85. The summed E-state index contributed by atoms with van der Waals surface area (Å²) in [6.07, 6.45) is 7.31. The SMILES string of the molecule is COC(=O)C1=CNC2=C(CCCC2)C1. The first-order valence-electron chi connectivity index (χ1n) is 5.06. The van der Waals surface area contributed by atoms with Crippen LogP contribution in [-0.2, 0) is 9.53 Å². The number of carbonyl (C=O) groups excluding carboxylic acids is 1. The van der Waals surface area contributed by atoms with Crippen molar-refractivity contribution in [1.29, 1.82) is 0 Å². The van der Waals surface area contributed by atoms with E-state index in [0.29, 0.717) is 0 Å². The highest BCUT2D eigenvalue weighted by Gasteiger charge is 2.21. The lowest BCUT2D eigenvalue weighted by atomic mass is 9.90. The van der Waals surface area contributed by atoms with Gasteiger partial charge in [-0.05, 0) is 31.3 Å². The van der Waals surface area contributed by atoms with Crippen LogP contribution in [0, 0.1) is 0 Å². The summed E-state index contributed by atoms with van der Waals surface area (Å²) in [6, 6.07) is 0. The zero-order valence-electron chi connectivity index (χ0n) is 8.43. The van der Waals surface area contributed by atoms with Gasteiger partial charge in [0, 0.05) is 18.3 Å². The molecule has 0 saturated heterocycles. The summed E-state index contributed by atoms with van der Waals surface area (Å²) in [6.45, 7) is 0. The molecule has 0 radical (unpaired) electrons. The number of nitrogens with one attached hydrogen (secondary N) is 1. The van der Waals surface area contributed by atoms with Gasteiger partial charge >= 0.3 is 5.97 Å². The first-order chi connectivity index (χ1) is 6.81. The van der Waals surface area contributed by atoms with Gasteiger partial charge in [-0.25, -0.2) is 4.79 Å². The van der Waals surface area contributed by atoms with E-state index >= 15 is 0 Å². The number of esters is 1. The molecule has 76 valence electrons. The van der Waals surface area contributed by atoms with Gasteiger partial charge < -0.3 is 10.1 Å². The van der Waals surface area contributed by atoms with Gasteiger partial charge in [0.15, 0.2) is 0 Å². The number of rotatable bonds is 1. The third-order valence-electron chi connectivity index (χ3n) is 2.85. The minimum atomic E-state index is -0.213. The van der Waals surface area contributed by atoms with Gasteiger partial charge in [-0.15, -0.1) is 0 Å². The number of ether oxygens (including phenoxy) is 1. The van der Waals surface area contributed by atoms with Crippen molar-refractivity contribution in [3.63, 3.8) is 0 Å². The average molecular weight is 193 g/mol. The maximum absolute atomic E-state index is 11.3. The fourth-order valence-corrected chi connectivity index (χ4v) is 2.05. The van der Waals surface area contributed by atoms with Crippen LogP contribution < -0.4 is 5.32 Å². The fourth-order valence-electron chi connectivity index (χ4n) is 2.05. The number of allylic oxidation sites excluding steroid dienone is 2. The Hall–Kier alpha value is -1.25. The predicted molar refractivity (Wildman–Crippen MR) is 53.3 cm³/mol. The summed E-state index contributed by atoms with van der Waals surface area (Å²) >= 11 is 0. The average Bonchev–Trinajstić information content (AvgIpc) is 2.27. The second-order valence-corrected chi connectivity index (χ2v) is 3.77. The molecule has 1 heterocycles. The topological polar surface area (TPSA) is 38.3 Å². The first kappa shape index (κ1) is 9.31. The molecular formula is C11H15NO2. The van der Waals surface area contributed by atoms with Crippen LogP contribution in [0.15, 0.2) is 23.0 Å². The Labute approximate surface area is 83.8 Å². The maximum atomic E-state index is 11.3. The Morgan fingerprint density at radius 2 is 2.21 bits per heavy atom. The maximum Gasteiger partial charge on any atom is 0.335 e. The highest BCUT2D eigenvalue weighted by atomic mass is 16.5. The van der Waals surface area contributed by atoms with Crippen molar-refractivity contribution in [2.45, 2.75) is 32.1 Å². The Bertz CT molecular complexity index is 315. The molecule has 0 fully saturated rings. The van der Waals surface area contributed by atoms with Gasteiger partial charge in [0.2, 0.25) is 0 Å². The molecule has 3 heteroatoms. The zero-order chi connectivity index (χ0) is 9.97. The van der Waals surface area contributed by atoms with Crippen LogP contribution >= 0.6 is 0 Å². The molecule has 0 bridgehead atoms. The molecule has 2 aliphatic rings. The highest BCUT2D eigenvalue weighted by Crippen LogP contribution is 2.30. The van der Waals surface area contributed by atoms with Crippen LogP contribution in [-0.4, -0.2) is 13.1 Å². The van der Waals surface area contributed by atoms with E-state index < -0.39 is 0 Å². The molecule has 0 amide bonds. The Morgan fingerprint density at radius 1 is 1.43 bits per heavy atom. The molecule has 1 aliphatic carbocycles. The minimum absolute atomic E-state index is 0.213. The van der Waals surface area contributed by atoms with E-state index in [2.05, 4.69) is 5.32 Å². The van der Waals surface area contributed by atoms with Gasteiger partial charge in [0.25, 0.3) is 0 Å². The monoisotopic (exact) mass is 193 g/mol. The molecule has 0 atom stereocenters. The van der Waals surface area contributed by atoms with E-state index in [0.717, 1.165) is 24.8 Å². The summed E-state index contributed by atoms with van der Waals surface area (Å²) < 4.78 is 4.70. The van der Waals surface area contributed by atoms with Crippen molar-refractivity contribution in [3.05, 3.63) is 23.0 Å². The number of methoxy groups -OCH3 is 1. The van der Waals surface area contributed by atoms with Crippen molar-refractivity contribution in [1.82, 2.24) is 5.32 Å². The second kappa shape index (κ2) is 3.86. The molecule has 3 nitrogen and oxygen atoms in total. The van der Waals surface area contributed by atoms with Crippen molar-refractivity contribution in [3.8, 4) is 0 Å². The summed E-state index contributed by atoms with van der Waals surface area (Å²) in [7, 11) is 1.42. The largest absolute Gasteiger partial charge is 0.466 e. The molecule has 0 spiro atoms. The fraction of sp³-hybridized carbons (Fsp3) is 0.545. The molecule has 14 heavy (non-hydrogen) atoms. The molecule has 0 saturated carbocycles. The molecule has 2 rings (SSSR count). The van der Waals surface area contributed by atoms with Crippen molar-refractivity contribution in [2.24, 2.45) is 0 Å². The van der Waals surface area contributed by atoms with Gasteiger partial charge in [0.1, 0.15) is 0 Å². The Balaban J connectivity index is 2.09. The van der Waals surface area contributed by atoms with E-state index in [1.54, 1.807) is 6.20 Å². The standard InChI is InChI=1S/C11H15NO2/c1-14-11(13)9-6-8-4-2-3-5-10(8)12-7-9/h7,12H,2-6H2,1H3. The molecule has 0 aromatic heterocycles. The lowest BCUT2D eigenvalue weighted by molar-refractivity contribution is -0.136. The van der Waals surface area contributed by atoms with Crippen LogP contribution in [0.4, 0.5) is 0 Å². The van der Waals surface area contributed by atoms with Crippen LogP contribution in [0.3, 0.4) is 0 Å². The normalized spacial score (nSPS) is 20.8. The third kappa shape index (κ3) is 1.67. The molecule has 0 aromatic carbocycles. The first-order valence-corrected chi connectivity index (χ1v) is 5.06. The Morgan fingerprint density at radius 3 is 3.00 bits per heavy atom. The summed E-state index contributed by atoms with van der Waals surface area (Å²) in [4.78, 5) is 11.3. The van der Waals surface area contributed by atoms with E-state index in [1.807, 2.05) is 0 Å². The molecule has 0 aromatic rings. The predicted octanol–water partition coefficient (Wildman–Crippen LogP) is 1.86. The molecule has 1 N–H and O–H groups in total. The zero-order valence-corrected chi connectivity index (χ0v) is 8.43. The summed E-state index contributed by atoms with van der Waals surface area (Å²) in [5, 5.41) is 3.20. The van der Waals surface area contributed by atoms with Gasteiger partial charge in [-0.3, -0.25) is 0 Å². The van der Waals surface area contributed by atoms with Crippen molar-refractivity contribution < 1.29 is 9.53 Å². The van der Waals surface area contributed by atoms with E-state index in [1.165, 1.54) is 31.2 Å². The lowest BCUT2D eigenvalue weighted by Crippen LogP contribution is -2.21. The molecular weight excluding hydrogens is 178 g/mol. The number of hydrogen-bond donors (Lipinski definition) is 1. The van der Waals surface area contributed by atoms with Gasteiger partial charge in [-0.1, -0.05) is 0 Å². The number of hydrogen-bond acceptors (Lipinski definition) is 3.